The lowest BCUT2D eigenvalue weighted by Gasteiger charge is -2.32. The molecule has 1 fully saturated rings. The van der Waals surface area contributed by atoms with E-state index in [1.165, 1.54) is 7.11 Å². The summed E-state index contributed by atoms with van der Waals surface area (Å²) < 4.78 is 10.4. The highest BCUT2D eigenvalue weighted by atomic mass is 16.5. The molecule has 1 aliphatic rings. The lowest BCUT2D eigenvalue weighted by atomic mass is 10.1. The number of methoxy groups -OCH3 is 1. The third kappa shape index (κ3) is 4.81. The van der Waals surface area contributed by atoms with Gasteiger partial charge in [0.25, 0.3) is 0 Å². The van der Waals surface area contributed by atoms with Crippen LogP contribution < -0.4 is 5.32 Å². The highest BCUT2D eigenvalue weighted by molar-refractivity contribution is 5.89. The normalized spacial score (nSPS) is 19.4. The molecule has 1 aliphatic heterocycles. The van der Waals surface area contributed by atoms with Gasteiger partial charge < -0.3 is 14.8 Å². The standard InChI is InChI=1S/C16H24N2O3/c1-3-18-8-9-21-15(12-18)11-17-10-13-4-6-14(7-5-13)16(19)20-2/h4-7,15,17H,3,8-12H2,1-2H3. The molecule has 116 valence electrons. The van der Waals surface area contributed by atoms with E-state index in [1.54, 1.807) is 12.1 Å². The Morgan fingerprint density at radius 3 is 2.86 bits per heavy atom. The molecule has 1 aromatic carbocycles. The van der Waals surface area contributed by atoms with Crippen molar-refractivity contribution in [2.45, 2.75) is 19.6 Å². The summed E-state index contributed by atoms with van der Waals surface area (Å²) in [5, 5.41) is 3.41. The molecule has 0 bridgehead atoms. The zero-order valence-corrected chi connectivity index (χ0v) is 12.8. The Morgan fingerprint density at radius 1 is 1.43 bits per heavy atom. The SMILES string of the molecule is CCN1CCOC(CNCc2ccc(C(=O)OC)cc2)C1. The van der Waals surface area contributed by atoms with Gasteiger partial charge in [-0.05, 0) is 24.2 Å². The van der Waals surface area contributed by atoms with Gasteiger partial charge in [0.05, 0.1) is 25.4 Å². The number of nitrogens with zero attached hydrogens (tertiary/aromatic N) is 1. The fraction of sp³-hybridized carbons (Fsp3) is 0.562. The lowest BCUT2D eigenvalue weighted by Crippen LogP contribution is -2.46. The molecule has 2 rings (SSSR count). The van der Waals surface area contributed by atoms with Gasteiger partial charge in [-0.1, -0.05) is 19.1 Å². The van der Waals surface area contributed by atoms with E-state index in [1.807, 2.05) is 12.1 Å². The highest BCUT2D eigenvalue weighted by Gasteiger charge is 2.18. The van der Waals surface area contributed by atoms with Crippen LogP contribution in [-0.2, 0) is 16.0 Å². The molecule has 0 saturated carbocycles. The van der Waals surface area contributed by atoms with Crippen molar-refractivity contribution in [1.82, 2.24) is 10.2 Å². The number of esters is 1. The smallest absolute Gasteiger partial charge is 0.337 e. The van der Waals surface area contributed by atoms with E-state index in [9.17, 15) is 4.79 Å². The number of rotatable bonds is 6. The summed E-state index contributed by atoms with van der Waals surface area (Å²) in [5.41, 5.74) is 1.72. The number of hydrogen-bond acceptors (Lipinski definition) is 5. The summed E-state index contributed by atoms with van der Waals surface area (Å²) in [4.78, 5) is 13.7. The fourth-order valence-corrected chi connectivity index (χ4v) is 2.45. The number of likely N-dealkylation sites (N-methyl/N-ethyl adjacent to an activating group) is 1. The van der Waals surface area contributed by atoms with Crippen molar-refractivity contribution in [1.29, 1.82) is 0 Å². The van der Waals surface area contributed by atoms with E-state index in [-0.39, 0.29) is 12.1 Å². The third-order valence-electron chi connectivity index (χ3n) is 3.75. The van der Waals surface area contributed by atoms with Gasteiger partial charge in [0.1, 0.15) is 0 Å². The molecule has 1 unspecified atom stereocenters. The number of benzene rings is 1. The first-order chi connectivity index (χ1) is 10.2. The predicted molar refractivity (Wildman–Crippen MR) is 81.3 cm³/mol. The topological polar surface area (TPSA) is 50.8 Å². The number of morpholine rings is 1. The number of carbonyl (C=O) groups excluding carboxylic acids is 1. The quantitative estimate of drug-likeness (QED) is 0.801. The average Bonchev–Trinajstić information content (AvgIpc) is 2.55. The first kappa shape index (κ1) is 15.9. The van der Waals surface area contributed by atoms with Crippen molar-refractivity contribution < 1.29 is 14.3 Å². The first-order valence-corrected chi connectivity index (χ1v) is 7.45. The minimum Gasteiger partial charge on any atom is -0.465 e. The molecule has 5 heteroatoms. The molecule has 1 N–H and O–H groups in total. The third-order valence-corrected chi connectivity index (χ3v) is 3.75. The maximum atomic E-state index is 11.3. The molecule has 0 aromatic heterocycles. The second-order valence-electron chi connectivity index (χ2n) is 5.21. The summed E-state index contributed by atoms with van der Waals surface area (Å²) >= 11 is 0. The summed E-state index contributed by atoms with van der Waals surface area (Å²) in [7, 11) is 1.39. The Bertz CT molecular complexity index is 447. The van der Waals surface area contributed by atoms with Crippen LogP contribution in [0.2, 0.25) is 0 Å². The van der Waals surface area contributed by atoms with Gasteiger partial charge in [0.15, 0.2) is 0 Å². The van der Waals surface area contributed by atoms with Crippen molar-refractivity contribution in [2.24, 2.45) is 0 Å². The Morgan fingerprint density at radius 2 is 2.19 bits per heavy atom. The number of nitrogens with one attached hydrogen (secondary N) is 1. The van der Waals surface area contributed by atoms with Gasteiger partial charge in [-0.25, -0.2) is 4.79 Å². The Hall–Kier alpha value is -1.43. The first-order valence-electron chi connectivity index (χ1n) is 7.45. The maximum absolute atomic E-state index is 11.3. The van der Waals surface area contributed by atoms with Crippen LogP contribution in [0.4, 0.5) is 0 Å². The van der Waals surface area contributed by atoms with Crippen molar-refractivity contribution in [3.8, 4) is 0 Å². The maximum Gasteiger partial charge on any atom is 0.337 e. The molecular weight excluding hydrogens is 268 g/mol. The molecular formula is C16H24N2O3. The summed E-state index contributed by atoms with van der Waals surface area (Å²) in [5.74, 6) is -0.301. The van der Waals surface area contributed by atoms with Crippen molar-refractivity contribution >= 4 is 5.97 Å². The average molecular weight is 292 g/mol. The summed E-state index contributed by atoms with van der Waals surface area (Å²) in [6.07, 6.45) is 0.257. The molecule has 1 atom stereocenters. The minimum absolute atomic E-state index is 0.257. The number of carbonyl (C=O) groups is 1. The van der Waals surface area contributed by atoms with E-state index in [0.717, 1.165) is 44.9 Å². The largest absolute Gasteiger partial charge is 0.465 e. The molecule has 1 heterocycles. The highest BCUT2D eigenvalue weighted by Crippen LogP contribution is 2.07. The van der Waals surface area contributed by atoms with Crippen LogP contribution in [0.3, 0.4) is 0 Å². The van der Waals surface area contributed by atoms with Crippen molar-refractivity contribution in [3.05, 3.63) is 35.4 Å². The van der Waals surface area contributed by atoms with Gasteiger partial charge in [-0.2, -0.15) is 0 Å². The van der Waals surface area contributed by atoms with Gasteiger partial charge >= 0.3 is 5.97 Å². The van der Waals surface area contributed by atoms with Gasteiger partial charge in [-0.15, -0.1) is 0 Å². The molecule has 1 saturated heterocycles. The van der Waals surface area contributed by atoms with Crippen LogP contribution in [0.25, 0.3) is 0 Å². The van der Waals surface area contributed by atoms with Crippen molar-refractivity contribution in [2.75, 3.05) is 39.9 Å². The fourth-order valence-electron chi connectivity index (χ4n) is 2.45. The number of ether oxygens (including phenoxy) is 2. The van der Waals surface area contributed by atoms with Gasteiger partial charge in [0, 0.05) is 26.2 Å². The molecule has 5 nitrogen and oxygen atoms in total. The van der Waals surface area contributed by atoms with E-state index < -0.39 is 0 Å². The van der Waals surface area contributed by atoms with Crippen LogP contribution >= 0.6 is 0 Å². The summed E-state index contributed by atoms with van der Waals surface area (Å²) in [6, 6.07) is 7.47. The molecule has 0 amide bonds. The molecule has 0 radical (unpaired) electrons. The monoisotopic (exact) mass is 292 g/mol. The second kappa shape index (κ2) is 8.12. The van der Waals surface area contributed by atoms with Gasteiger partial charge in [0.2, 0.25) is 0 Å². The lowest BCUT2D eigenvalue weighted by molar-refractivity contribution is -0.0253. The van der Waals surface area contributed by atoms with E-state index >= 15 is 0 Å². The van der Waals surface area contributed by atoms with Crippen LogP contribution in [0.1, 0.15) is 22.8 Å². The van der Waals surface area contributed by atoms with Crippen LogP contribution in [0.15, 0.2) is 24.3 Å². The van der Waals surface area contributed by atoms with E-state index in [2.05, 4.69) is 21.9 Å². The number of hydrogen-bond donors (Lipinski definition) is 1. The summed E-state index contributed by atoms with van der Waals surface area (Å²) in [6.45, 7) is 7.71. The van der Waals surface area contributed by atoms with Crippen LogP contribution in [-0.4, -0.2) is 56.9 Å². The Balaban J connectivity index is 1.74. The van der Waals surface area contributed by atoms with E-state index in [4.69, 9.17) is 4.74 Å². The van der Waals surface area contributed by atoms with Crippen LogP contribution in [0.5, 0.6) is 0 Å². The van der Waals surface area contributed by atoms with Gasteiger partial charge in [-0.3, -0.25) is 4.90 Å². The Labute approximate surface area is 126 Å². The molecule has 21 heavy (non-hydrogen) atoms. The zero-order chi connectivity index (χ0) is 15.1. The Kier molecular flexibility index (Phi) is 6.17. The molecule has 0 aliphatic carbocycles. The van der Waals surface area contributed by atoms with E-state index in [0.29, 0.717) is 5.56 Å². The van der Waals surface area contributed by atoms with Crippen molar-refractivity contribution in [3.63, 3.8) is 0 Å². The van der Waals surface area contributed by atoms with Crippen LogP contribution in [0, 0.1) is 0 Å². The zero-order valence-electron chi connectivity index (χ0n) is 12.8. The molecule has 0 spiro atoms. The second-order valence-corrected chi connectivity index (χ2v) is 5.21. The predicted octanol–water partition coefficient (Wildman–Crippen LogP) is 1.28. The molecule has 1 aromatic rings. The minimum atomic E-state index is -0.301.